The highest BCUT2D eigenvalue weighted by atomic mass is 32.2. The van der Waals surface area contributed by atoms with E-state index in [-0.39, 0.29) is 11.5 Å². The van der Waals surface area contributed by atoms with Gasteiger partial charge in [-0.05, 0) is 67.5 Å². The van der Waals surface area contributed by atoms with Crippen LogP contribution in [-0.4, -0.2) is 10.2 Å². The number of phenolic OH excluding ortho intramolecular Hbond substituents is 2. The summed E-state index contributed by atoms with van der Waals surface area (Å²) in [5.41, 5.74) is 2.03. The maximum Gasteiger partial charge on any atom is 0.157 e. The molecule has 3 heteroatoms. The molecule has 0 saturated heterocycles. The van der Waals surface area contributed by atoms with Crippen LogP contribution in [0.2, 0.25) is 0 Å². The van der Waals surface area contributed by atoms with Gasteiger partial charge in [0.2, 0.25) is 0 Å². The third-order valence-electron chi connectivity index (χ3n) is 4.57. The first-order valence-corrected chi connectivity index (χ1v) is 11.6. The third kappa shape index (κ3) is 9.41. The van der Waals surface area contributed by atoms with Gasteiger partial charge in [-0.25, -0.2) is 0 Å². The van der Waals surface area contributed by atoms with Crippen molar-refractivity contribution in [2.75, 3.05) is 0 Å². The lowest BCUT2D eigenvalue weighted by Crippen LogP contribution is -1.88. The molecular weight excluding hydrogens is 388 g/mol. The van der Waals surface area contributed by atoms with Crippen molar-refractivity contribution < 1.29 is 10.2 Å². The summed E-state index contributed by atoms with van der Waals surface area (Å²) in [6.45, 7) is 12.3. The lowest BCUT2D eigenvalue weighted by Gasteiger charge is -2.04. The molecule has 2 N–H and O–H groups in total. The van der Waals surface area contributed by atoms with Crippen molar-refractivity contribution in [3.63, 3.8) is 0 Å². The molecular formula is C27H36O2S. The number of phenols is 2. The summed E-state index contributed by atoms with van der Waals surface area (Å²) in [6, 6.07) is 12.9. The molecule has 162 valence electrons. The Kier molecular flexibility index (Phi) is 12.5. The second-order valence-electron chi connectivity index (χ2n) is 6.97. The van der Waals surface area contributed by atoms with Gasteiger partial charge in [0, 0.05) is 9.80 Å². The number of thioether (sulfide) groups is 1. The molecule has 0 aromatic heterocycles. The first-order valence-electron chi connectivity index (χ1n) is 10.8. The normalized spacial score (nSPS) is 14.6. The Morgan fingerprint density at radius 2 is 1.87 bits per heavy atom. The van der Waals surface area contributed by atoms with Crippen LogP contribution in [0.1, 0.15) is 57.6 Å². The lowest BCUT2D eigenvalue weighted by atomic mass is 10.0. The van der Waals surface area contributed by atoms with Crippen molar-refractivity contribution in [3.8, 4) is 11.5 Å². The van der Waals surface area contributed by atoms with Crippen molar-refractivity contribution in [1.29, 1.82) is 0 Å². The van der Waals surface area contributed by atoms with Gasteiger partial charge in [-0.3, -0.25) is 0 Å². The molecule has 1 unspecified atom stereocenters. The van der Waals surface area contributed by atoms with Gasteiger partial charge >= 0.3 is 0 Å². The topological polar surface area (TPSA) is 40.5 Å². The highest BCUT2D eigenvalue weighted by Crippen LogP contribution is 2.30. The average Bonchev–Trinajstić information content (AvgIpc) is 3.26. The summed E-state index contributed by atoms with van der Waals surface area (Å²) >= 11 is 1.60. The van der Waals surface area contributed by atoms with E-state index in [1.807, 2.05) is 38.1 Å². The van der Waals surface area contributed by atoms with Gasteiger partial charge in [0.15, 0.2) is 11.5 Å². The first-order chi connectivity index (χ1) is 14.5. The van der Waals surface area contributed by atoms with Crippen molar-refractivity contribution in [1.82, 2.24) is 0 Å². The van der Waals surface area contributed by atoms with Crippen LogP contribution in [0, 0.1) is 12.8 Å². The Hall–Kier alpha value is -2.39. The van der Waals surface area contributed by atoms with E-state index in [1.165, 1.54) is 48.3 Å². The summed E-state index contributed by atoms with van der Waals surface area (Å²) in [6.07, 6.45) is 13.9. The molecule has 1 aliphatic rings. The van der Waals surface area contributed by atoms with E-state index in [0.717, 1.165) is 16.4 Å². The Morgan fingerprint density at radius 3 is 2.47 bits per heavy atom. The molecule has 1 aliphatic carbocycles. The number of hydrogen-bond donors (Lipinski definition) is 2. The fraction of sp³-hybridized carbons (Fsp3) is 0.333. The van der Waals surface area contributed by atoms with Crippen LogP contribution in [0.3, 0.4) is 0 Å². The minimum atomic E-state index is -0.121. The van der Waals surface area contributed by atoms with E-state index in [9.17, 15) is 10.2 Å². The number of rotatable bonds is 6. The highest BCUT2D eigenvalue weighted by molar-refractivity contribution is 8.03. The molecule has 0 fully saturated rings. The van der Waals surface area contributed by atoms with Crippen LogP contribution in [0.15, 0.2) is 77.1 Å². The zero-order valence-electron chi connectivity index (χ0n) is 18.8. The quantitative estimate of drug-likeness (QED) is 0.211. The Bertz CT molecular complexity index is 837. The van der Waals surface area contributed by atoms with E-state index in [1.54, 1.807) is 17.8 Å². The van der Waals surface area contributed by atoms with Gasteiger partial charge < -0.3 is 10.2 Å². The van der Waals surface area contributed by atoms with Crippen LogP contribution in [-0.2, 0) is 0 Å². The predicted molar refractivity (Wildman–Crippen MR) is 133 cm³/mol. The Balaban J connectivity index is 0.000000375. The summed E-state index contributed by atoms with van der Waals surface area (Å²) in [5, 5.41) is 18.7. The van der Waals surface area contributed by atoms with E-state index < -0.39 is 0 Å². The van der Waals surface area contributed by atoms with Crippen LogP contribution in [0.4, 0.5) is 0 Å². The predicted octanol–water partition coefficient (Wildman–Crippen LogP) is 8.50. The molecule has 0 radical (unpaired) electrons. The summed E-state index contributed by atoms with van der Waals surface area (Å²) < 4.78 is 0. The van der Waals surface area contributed by atoms with Gasteiger partial charge in [-0.1, -0.05) is 88.0 Å². The lowest BCUT2D eigenvalue weighted by molar-refractivity contribution is 0.403. The SMILES string of the molecule is C=C(/C=C/c1ccc(O)c(O)c1)Sc1ccccc1C.CC.CCCC1C=CCC1. The van der Waals surface area contributed by atoms with Crippen molar-refractivity contribution in [3.05, 3.63) is 83.3 Å². The number of aromatic hydroxyl groups is 2. The Labute approximate surface area is 187 Å². The first kappa shape index (κ1) is 25.6. The zero-order valence-corrected chi connectivity index (χ0v) is 19.6. The molecule has 0 spiro atoms. The molecule has 0 bridgehead atoms. The van der Waals surface area contributed by atoms with Crippen LogP contribution >= 0.6 is 11.8 Å². The monoisotopic (exact) mass is 424 g/mol. The van der Waals surface area contributed by atoms with Crippen molar-refractivity contribution in [2.24, 2.45) is 5.92 Å². The summed E-state index contributed by atoms with van der Waals surface area (Å²) in [5.74, 6) is 0.694. The minimum absolute atomic E-state index is 0.115. The van der Waals surface area contributed by atoms with Crippen LogP contribution < -0.4 is 0 Å². The zero-order chi connectivity index (χ0) is 22.4. The second-order valence-corrected chi connectivity index (χ2v) is 8.14. The fourth-order valence-corrected chi connectivity index (χ4v) is 3.78. The largest absolute Gasteiger partial charge is 0.504 e. The van der Waals surface area contributed by atoms with E-state index >= 15 is 0 Å². The number of aryl methyl sites for hydroxylation is 1. The smallest absolute Gasteiger partial charge is 0.157 e. The molecule has 2 nitrogen and oxygen atoms in total. The van der Waals surface area contributed by atoms with Gasteiger partial charge in [-0.2, -0.15) is 0 Å². The standard InChI is InChI=1S/C17H16O2S.C8H14.C2H6/c1-12-5-3-4-6-17(12)20-13(2)7-8-14-9-10-15(18)16(19)11-14;1-2-5-8-6-3-4-7-8;1-2/h3-11,18-19H,2H2,1H3;3,6,8H,2,4-5,7H2,1H3;1-2H3/b8-7+;;. The van der Waals surface area contributed by atoms with Gasteiger partial charge in [0.25, 0.3) is 0 Å². The molecule has 0 saturated carbocycles. The maximum absolute atomic E-state index is 9.43. The third-order valence-corrected chi connectivity index (χ3v) is 5.64. The van der Waals surface area contributed by atoms with Crippen LogP contribution in [0.25, 0.3) is 6.08 Å². The minimum Gasteiger partial charge on any atom is -0.504 e. The number of hydrogen-bond acceptors (Lipinski definition) is 3. The molecule has 1 atom stereocenters. The van der Waals surface area contributed by atoms with Crippen LogP contribution in [0.5, 0.6) is 11.5 Å². The Morgan fingerprint density at radius 1 is 1.13 bits per heavy atom. The summed E-state index contributed by atoms with van der Waals surface area (Å²) in [4.78, 5) is 2.09. The van der Waals surface area contributed by atoms with E-state index in [4.69, 9.17) is 0 Å². The van der Waals surface area contributed by atoms with Gasteiger partial charge in [0.05, 0.1) is 0 Å². The van der Waals surface area contributed by atoms with Crippen molar-refractivity contribution >= 4 is 17.8 Å². The average molecular weight is 425 g/mol. The summed E-state index contributed by atoms with van der Waals surface area (Å²) in [7, 11) is 0. The van der Waals surface area contributed by atoms with Gasteiger partial charge in [0.1, 0.15) is 0 Å². The van der Waals surface area contributed by atoms with Gasteiger partial charge in [-0.15, -0.1) is 0 Å². The molecule has 0 heterocycles. The molecule has 2 aromatic carbocycles. The van der Waals surface area contributed by atoms with E-state index in [0.29, 0.717) is 0 Å². The molecule has 0 amide bonds. The number of allylic oxidation sites excluding steroid dienone is 3. The molecule has 0 aliphatic heterocycles. The molecule has 30 heavy (non-hydrogen) atoms. The highest BCUT2D eigenvalue weighted by Gasteiger charge is 2.06. The molecule has 2 aromatic rings. The second kappa shape index (κ2) is 14.6. The van der Waals surface area contributed by atoms with E-state index in [2.05, 4.69) is 44.7 Å². The molecule has 3 rings (SSSR count). The maximum atomic E-state index is 9.43. The number of benzene rings is 2. The fourth-order valence-electron chi connectivity index (χ4n) is 2.99. The van der Waals surface area contributed by atoms with Crippen molar-refractivity contribution in [2.45, 2.75) is 58.3 Å².